The molecule has 31 heavy (non-hydrogen) atoms. The van der Waals surface area contributed by atoms with E-state index in [1.807, 2.05) is 63.3 Å². The largest absolute Gasteiger partial charge is 0.497 e. The number of esters is 2. The number of hydrogen-bond acceptors (Lipinski definition) is 5. The van der Waals surface area contributed by atoms with E-state index in [1.54, 1.807) is 7.11 Å². The summed E-state index contributed by atoms with van der Waals surface area (Å²) < 4.78 is 15.7. The van der Waals surface area contributed by atoms with Crippen molar-refractivity contribution in [2.45, 2.75) is 39.5 Å². The monoisotopic (exact) mass is 426 g/mol. The number of carbonyl (C=O) groups excluding carboxylic acids is 2. The number of carbonyl (C=O) groups is 2. The minimum atomic E-state index is -0.534. The van der Waals surface area contributed by atoms with Crippen LogP contribution >= 0.6 is 0 Å². The van der Waals surface area contributed by atoms with Crippen LogP contribution in [0.25, 0.3) is 5.57 Å². The maximum Gasteiger partial charge on any atom is 0.313 e. The fourth-order valence-electron chi connectivity index (χ4n) is 4.29. The predicted octanol–water partition coefficient (Wildman–Crippen LogP) is 5.32. The standard InChI is InChI=1S/C26H34O5/c1-7-9-11-20(25(27)30-5)23-15-17(3)22-16-18(29-4)13-14-19(22)24(23)21(12-10-8-2)26(28)31-6/h9-16,20-21,23-24H,7-8H2,1-6H3/b11-9+,12-10+/t20-,21-,23+,24+/m0/s1. The Morgan fingerprint density at radius 3 is 2.10 bits per heavy atom. The zero-order valence-electron chi connectivity index (χ0n) is 19.4. The van der Waals surface area contributed by atoms with E-state index in [2.05, 4.69) is 6.08 Å². The van der Waals surface area contributed by atoms with Gasteiger partial charge in [0.25, 0.3) is 0 Å². The van der Waals surface area contributed by atoms with Crippen LogP contribution in [-0.2, 0) is 19.1 Å². The second-order valence-corrected chi connectivity index (χ2v) is 7.68. The third-order valence-corrected chi connectivity index (χ3v) is 5.81. The minimum Gasteiger partial charge on any atom is -0.497 e. The Morgan fingerprint density at radius 1 is 0.968 bits per heavy atom. The summed E-state index contributed by atoms with van der Waals surface area (Å²) in [6.45, 7) is 6.06. The zero-order chi connectivity index (χ0) is 23.0. The summed E-state index contributed by atoms with van der Waals surface area (Å²) in [7, 11) is 4.43. The molecule has 168 valence electrons. The molecule has 0 aliphatic heterocycles. The molecule has 0 aromatic heterocycles. The normalized spacial score (nSPS) is 20.1. The third kappa shape index (κ3) is 5.46. The van der Waals surface area contributed by atoms with Crippen LogP contribution in [0.4, 0.5) is 0 Å². The highest BCUT2D eigenvalue weighted by Crippen LogP contribution is 2.47. The molecule has 5 heteroatoms. The van der Waals surface area contributed by atoms with Gasteiger partial charge in [0, 0.05) is 11.8 Å². The molecule has 1 aliphatic carbocycles. The van der Waals surface area contributed by atoms with E-state index in [4.69, 9.17) is 14.2 Å². The smallest absolute Gasteiger partial charge is 0.313 e. The van der Waals surface area contributed by atoms with E-state index in [0.29, 0.717) is 0 Å². The van der Waals surface area contributed by atoms with Gasteiger partial charge in [0.2, 0.25) is 0 Å². The van der Waals surface area contributed by atoms with Crippen molar-refractivity contribution < 1.29 is 23.8 Å². The fourth-order valence-corrected chi connectivity index (χ4v) is 4.29. The van der Waals surface area contributed by atoms with E-state index in [0.717, 1.165) is 35.3 Å². The molecule has 0 saturated heterocycles. The summed E-state index contributed by atoms with van der Waals surface area (Å²) in [6, 6.07) is 5.88. The second-order valence-electron chi connectivity index (χ2n) is 7.68. The number of rotatable bonds is 9. The molecular weight excluding hydrogens is 392 g/mol. The molecule has 0 fully saturated rings. The van der Waals surface area contributed by atoms with Crippen molar-refractivity contribution in [1.29, 1.82) is 0 Å². The number of fused-ring (bicyclic) bond motifs is 1. The van der Waals surface area contributed by atoms with Crippen LogP contribution in [0.3, 0.4) is 0 Å². The van der Waals surface area contributed by atoms with Crippen LogP contribution in [0, 0.1) is 17.8 Å². The van der Waals surface area contributed by atoms with Crippen LogP contribution in [0.1, 0.15) is 50.7 Å². The molecule has 0 N–H and O–H groups in total. The third-order valence-electron chi connectivity index (χ3n) is 5.81. The molecule has 5 nitrogen and oxygen atoms in total. The average Bonchev–Trinajstić information content (AvgIpc) is 2.79. The van der Waals surface area contributed by atoms with Crippen molar-refractivity contribution in [2.24, 2.45) is 17.8 Å². The highest BCUT2D eigenvalue weighted by molar-refractivity contribution is 5.81. The quantitative estimate of drug-likeness (QED) is 0.395. The lowest BCUT2D eigenvalue weighted by Crippen LogP contribution is -2.36. The topological polar surface area (TPSA) is 61.8 Å². The molecule has 0 amide bonds. The second kappa shape index (κ2) is 11.5. The Bertz CT molecular complexity index is 865. The lowest BCUT2D eigenvalue weighted by molar-refractivity contribution is -0.148. The molecule has 0 saturated carbocycles. The molecular formula is C26H34O5. The number of benzene rings is 1. The summed E-state index contributed by atoms with van der Waals surface area (Å²) >= 11 is 0. The molecule has 1 aromatic carbocycles. The summed E-state index contributed by atoms with van der Waals surface area (Å²) in [5.74, 6) is -1.48. The molecule has 0 spiro atoms. The summed E-state index contributed by atoms with van der Waals surface area (Å²) in [5, 5.41) is 0. The van der Waals surface area contributed by atoms with Crippen LogP contribution in [0.5, 0.6) is 5.75 Å². The maximum absolute atomic E-state index is 12.9. The molecule has 1 aliphatic rings. The Hall–Kier alpha value is -2.82. The van der Waals surface area contributed by atoms with Crippen LogP contribution in [0.2, 0.25) is 0 Å². The number of allylic oxidation sites excluding steroid dienone is 4. The van der Waals surface area contributed by atoms with E-state index in [-0.39, 0.29) is 23.8 Å². The van der Waals surface area contributed by atoms with Crippen molar-refractivity contribution in [3.63, 3.8) is 0 Å². The van der Waals surface area contributed by atoms with Gasteiger partial charge in [0.05, 0.1) is 33.2 Å². The first kappa shape index (κ1) is 24.4. The van der Waals surface area contributed by atoms with Gasteiger partial charge < -0.3 is 14.2 Å². The number of ether oxygens (including phenoxy) is 3. The van der Waals surface area contributed by atoms with Crippen molar-refractivity contribution in [3.8, 4) is 5.75 Å². The molecule has 0 radical (unpaired) electrons. The van der Waals surface area contributed by atoms with Gasteiger partial charge in [-0.25, -0.2) is 0 Å². The Kier molecular flexibility index (Phi) is 9.10. The first-order valence-corrected chi connectivity index (χ1v) is 10.8. The van der Waals surface area contributed by atoms with Crippen molar-refractivity contribution in [3.05, 3.63) is 59.7 Å². The van der Waals surface area contributed by atoms with Gasteiger partial charge in [-0.2, -0.15) is 0 Å². The Balaban J connectivity index is 2.75. The lowest BCUT2D eigenvalue weighted by atomic mass is 9.66. The van der Waals surface area contributed by atoms with Crippen molar-refractivity contribution >= 4 is 17.5 Å². The predicted molar refractivity (Wildman–Crippen MR) is 123 cm³/mol. The fraction of sp³-hybridized carbons (Fsp3) is 0.462. The summed E-state index contributed by atoms with van der Waals surface area (Å²) in [5.41, 5.74) is 3.06. The van der Waals surface area contributed by atoms with Crippen LogP contribution in [-0.4, -0.2) is 33.3 Å². The number of methoxy groups -OCH3 is 3. The van der Waals surface area contributed by atoms with E-state index < -0.39 is 11.8 Å². The average molecular weight is 427 g/mol. The molecule has 4 atom stereocenters. The van der Waals surface area contributed by atoms with E-state index in [1.165, 1.54) is 14.2 Å². The first-order valence-electron chi connectivity index (χ1n) is 10.8. The van der Waals surface area contributed by atoms with Gasteiger partial charge in [-0.05, 0) is 48.6 Å². The molecule has 2 rings (SSSR count). The van der Waals surface area contributed by atoms with Crippen molar-refractivity contribution in [1.82, 2.24) is 0 Å². The van der Waals surface area contributed by atoms with Gasteiger partial charge in [-0.15, -0.1) is 0 Å². The molecule has 1 aromatic rings. The van der Waals surface area contributed by atoms with Gasteiger partial charge in [0.1, 0.15) is 5.75 Å². The lowest BCUT2D eigenvalue weighted by Gasteiger charge is -2.37. The van der Waals surface area contributed by atoms with Gasteiger partial charge in [0.15, 0.2) is 0 Å². The SMILES string of the molecule is CC/C=C/[C@H](C(=O)OC)[C@H]1C=C(C)c2cc(OC)ccc2[C@@H]1[C@H](/C=C/CC)C(=O)OC. The maximum atomic E-state index is 12.9. The van der Waals surface area contributed by atoms with Crippen molar-refractivity contribution in [2.75, 3.05) is 21.3 Å². The van der Waals surface area contributed by atoms with E-state index in [9.17, 15) is 9.59 Å². The minimum absolute atomic E-state index is 0.262. The van der Waals surface area contributed by atoms with E-state index >= 15 is 0 Å². The van der Waals surface area contributed by atoms with Gasteiger partial charge in [-0.1, -0.05) is 50.3 Å². The Labute approximate surface area is 185 Å². The van der Waals surface area contributed by atoms with Gasteiger partial charge in [-0.3, -0.25) is 9.59 Å². The van der Waals surface area contributed by atoms with Gasteiger partial charge >= 0.3 is 11.9 Å². The molecule has 0 heterocycles. The highest BCUT2D eigenvalue weighted by Gasteiger charge is 2.42. The summed E-state index contributed by atoms with van der Waals surface area (Å²) in [6.07, 6.45) is 11.4. The Morgan fingerprint density at radius 2 is 1.55 bits per heavy atom. The summed E-state index contributed by atoms with van der Waals surface area (Å²) in [4.78, 5) is 25.7. The molecule has 0 bridgehead atoms. The number of hydrogen-bond donors (Lipinski definition) is 0. The zero-order valence-corrected chi connectivity index (χ0v) is 19.4. The van der Waals surface area contributed by atoms with Crippen LogP contribution in [0.15, 0.2) is 48.6 Å². The first-order chi connectivity index (χ1) is 14.9. The molecule has 0 unspecified atom stereocenters. The highest BCUT2D eigenvalue weighted by atomic mass is 16.5. The van der Waals surface area contributed by atoms with Crippen LogP contribution < -0.4 is 4.74 Å².